The molecule has 0 aliphatic rings. The number of aromatic nitrogens is 12. The lowest BCUT2D eigenvalue weighted by Gasteiger charge is -2.11. The molecule has 0 radical (unpaired) electrons. The van der Waals surface area contributed by atoms with Crippen molar-refractivity contribution in [3.8, 4) is 147 Å². The average Bonchev–Trinajstić information content (AvgIpc) is 0.797. The average molecular weight is 1680 g/mol. The molecule has 0 aliphatic heterocycles. The van der Waals surface area contributed by atoms with Gasteiger partial charge in [0.25, 0.3) is 0 Å². The minimum Gasteiger partial charge on any atom is -0.208 e. The summed E-state index contributed by atoms with van der Waals surface area (Å²) in [5.74, 6) is 5.20. The summed E-state index contributed by atoms with van der Waals surface area (Å²) >= 11 is 13.7. The maximum Gasteiger partial charge on any atom is 0.200 e. The third-order valence-corrected chi connectivity index (χ3v) is 19.1. The molecule has 14 aromatic carbocycles. The zero-order valence-electron chi connectivity index (χ0n) is 58.7. The Kier molecular flexibility index (Phi) is 23.4. The van der Waals surface area contributed by atoms with E-state index in [0.29, 0.717) is 65.5 Å². The fourth-order valence-corrected chi connectivity index (χ4v) is 13.7. The summed E-state index contributed by atoms with van der Waals surface area (Å²) in [7, 11) is 0. The van der Waals surface area contributed by atoms with Gasteiger partial charge < -0.3 is 0 Å². The van der Waals surface area contributed by atoms with Crippen LogP contribution < -0.4 is 0 Å². The Hall–Kier alpha value is -12.7. The van der Waals surface area contributed by atoms with Crippen molar-refractivity contribution >= 4 is 74.5 Å². The highest BCUT2D eigenvalue weighted by molar-refractivity contribution is 9.11. The van der Waals surface area contributed by atoms with Crippen molar-refractivity contribution in [3.63, 3.8) is 0 Å². The fraction of sp³-hybridized carbons (Fsp3) is 0. The second-order valence-electron chi connectivity index (χ2n) is 25.0. The van der Waals surface area contributed by atoms with E-state index >= 15 is 0 Å². The molecule has 18 aromatic rings. The molecular weight excluding hydrogens is 1620 g/mol. The van der Waals surface area contributed by atoms with Gasteiger partial charge in [0.1, 0.15) is 0 Å². The predicted molar refractivity (Wildman–Crippen MR) is 458 cm³/mol. The van der Waals surface area contributed by atoms with Gasteiger partial charge in [0.2, 0.25) is 18.9 Å². The topological polar surface area (TPSA) is 155 Å². The molecular formula is C94H62Br4N12. The Balaban J connectivity index is 0.000000117. The molecule has 0 atom stereocenters. The van der Waals surface area contributed by atoms with E-state index in [4.69, 9.17) is 4.98 Å². The molecule has 0 unspecified atom stereocenters. The second-order valence-corrected chi connectivity index (χ2v) is 27.8. The summed E-state index contributed by atoms with van der Waals surface area (Å²) in [6, 6.07) is 127. The van der Waals surface area contributed by atoms with Crippen molar-refractivity contribution in [3.05, 3.63) is 395 Å². The highest BCUT2D eigenvalue weighted by Gasteiger charge is 2.17. The summed E-state index contributed by atoms with van der Waals surface area (Å²) < 4.78 is 2.10. The molecule has 0 spiro atoms. The lowest BCUT2D eigenvalue weighted by molar-refractivity contribution is 1.03. The zero-order chi connectivity index (χ0) is 74.8. The van der Waals surface area contributed by atoms with Gasteiger partial charge in [0, 0.05) is 44.5 Å². The van der Waals surface area contributed by atoms with Crippen LogP contribution in [0.4, 0.5) is 0 Å². The Labute approximate surface area is 670 Å². The first-order valence-corrected chi connectivity index (χ1v) is 38.3. The third kappa shape index (κ3) is 18.5. The molecule has 0 fully saturated rings. The summed E-state index contributed by atoms with van der Waals surface area (Å²) in [5, 5.41) is 2.49. The number of rotatable bonds is 13. The fourth-order valence-electron chi connectivity index (χ4n) is 12.3. The maximum absolute atomic E-state index is 4.79. The van der Waals surface area contributed by atoms with Gasteiger partial charge in [-0.1, -0.05) is 352 Å². The largest absolute Gasteiger partial charge is 0.208 e. The number of benzene rings is 14. The summed E-state index contributed by atoms with van der Waals surface area (Å²) in [6.45, 7) is 0. The molecule has 12 nitrogen and oxygen atoms in total. The Morgan fingerprint density at radius 2 is 0.345 bits per heavy atom. The monoisotopic (exact) mass is 1670 g/mol. The van der Waals surface area contributed by atoms with Crippen molar-refractivity contribution in [2.24, 2.45) is 0 Å². The van der Waals surface area contributed by atoms with Gasteiger partial charge in [-0.25, -0.2) is 59.8 Å². The molecule has 16 heteroatoms. The van der Waals surface area contributed by atoms with Crippen molar-refractivity contribution in [2.75, 3.05) is 0 Å². The standard InChI is InChI=1S/C27H18BrN3.C25H16BrN3.2C21H14BrN3/c28-27-30-25(21-14-8-3-9-15-21)29-26(31-27)24-17-22(19-10-4-1-5-11-19)16-23(18-24)20-12-6-2-7-13-20;26-25-28-23(19-8-2-1-3-9-19)27-24(29-25)20-15-13-18(14-16-20)22-12-6-10-17-7-4-5-11-21(17)22;22-21-24-19(16-10-5-2-6-11-16)23-20(25-21)18-13-7-12-17(14-18)15-8-3-1-4-9-15;22-21-24-19(17-9-5-2-6-10-17)23-20(25-21)18-13-11-16(12-14-18)15-7-3-1-4-8-15/h1-18H;1-16H;2*1-14H. The van der Waals surface area contributed by atoms with E-state index in [-0.39, 0.29) is 0 Å². The van der Waals surface area contributed by atoms with Gasteiger partial charge in [-0.3, -0.25) is 0 Å². The number of halogens is 4. The maximum atomic E-state index is 4.79. The number of hydrogen-bond donors (Lipinski definition) is 0. The minimum atomic E-state index is 0.516. The highest BCUT2D eigenvalue weighted by Crippen LogP contribution is 2.36. The van der Waals surface area contributed by atoms with Gasteiger partial charge in [0.05, 0.1) is 0 Å². The van der Waals surface area contributed by atoms with Crippen LogP contribution >= 0.6 is 63.7 Å². The van der Waals surface area contributed by atoms with Gasteiger partial charge >= 0.3 is 0 Å². The summed E-state index contributed by atoms with van der Waals surface area (Å²) in [5.41, 5.74) is 19.3. The smallest absolute Gasteiger partial charge is 0.200 e. The molecule has 0 N–H and O–H groups in total. The Morgan fingerprint density at radius 3 is 0.709 bits per heavy atom. The van der Waals surface area contributed by atoms with Gasteiger partial charge in [-0.05, 0) is 154 Å². The zero-order valence-corrected chi connectivity index (χ0v) is 65.0. The van der Waals surface area contributed by atoms with Gasteiger partial charge in [0.15, 0.2) is 46.6 Å². The van der Waals surface area contributed by atoms with Crippen LogP contribution in [-0.2, 0) is 0 Å². The van der Waals surface area contributed by atoms with Crippen molar-refractivity contribution in [1.82, 2.24) is 59.8 Å². The summed E-state index contributed by atoms with van der Waals surface area (Å²) in [6.07, 6.45) is 0. The van der Waals surface area contributed by atoms with Gasteiger partial charge in [-0.2, -0.15) is 0 Å². The first-order valence-electron chi connectivity index (χ1n) is 35.2. The second kappa shape index (κ2) is 35.3. The van der Waals surface area contributed by atoms with Crippen LogP contribution in [0.2, 0.25) is 0 Å². The molecule has 0 bridgehead atoms. The first kappa shape index (κ1) is 72.8. The SMILES string of the molecule is Brc1nc(-c2ccccc2)nc(-c2cc(-c3ccccc3)cc(-c3ccccc3)c2)n1.Brc1nc(-c2ccccc2)nc(-c2ccc(-c3cccc4ccccc34)cc2)n1.Brc1nc(-c2ccccc2)nc(-c2ccc(-c3ccccc3)cc2)n1.Brc1nc(-c2ccccc2)nc(-c2cccc(-c3ccccc3)c2)n1. The normalized spacial score (nSPS) is 10.7. The Morgan fingerprint density at radius 1 is 0.136 bits per heavy atom. The van der Waals surface area contributed by atoms with E-state index < -0.39 is 0 Å². The molecule has 110 heavy (non-hydrogen) atoms. The van der Waals surface area contributed by atoms with Crippen LogP contribution in [0.25, 0.3) is 158 Å². The molecule has 18 rings (SSSR count). The van der Waals surface area contributed by atoms with Crippen LogP contribution in [-0.4, -0.2) is 59.8 Å². The van der Waals surface area contributed by atoms with Gasteiger partial charge in [-0.15, -0.1) is 0 Å². The lowest BCUT2D eigenvalue weighted by atomic mass is 9.96. The van der Waals surface area contributed by atoms with E-state index in [1.54, 1.807) is 0 Å². The van der Waals surface area contributed by atoms with Crippen molar-refractivity contribution < 1.29 is 0 Å². The van der Waals surface area contributed by atoms with Crippen LogP contribution in [0.5, 0.6) is 0 Å². The summed E-state index contributed by atoms with van der Waals surface area (Å²) in [4.78, 5) is 54.4. The van der Waals surface area contributed by atoms with Crippen LogP contribution in [0.15, 0.2) is 395 Å². The molecule has 526 valence electrons. The Bertz CT molecular complexity index is 6050. The first-order chi connectivity index (χ1) is 54.1. The van der Waals surface area contributed by atoms with Crippen LogP contribution in [0.3, 0.4) is 0 Å². The molecule has 0 saturated carbocycles. The highest BCUT2D eigenvalue weighted by atomic mass is 79.9. The minimum absolute atomic E-state index is 0.516. The molecule has 0 saturated heterocycles. The number of hydrogen-bond acceptors (Lipinski definition) is 12. The molecule has 0 amide bonds. The molecule has 4 heterocycles. The van der Waals surface area contributed by atoms with Crippen LogP contribution in [0, 0.1) is 0 Å². The van der Waals surface area contributed by atoms with Crippen molar-refractivity contribution in [1.29, 1.82) is 0 Å². The number of nitrogens with zero attached hydrogens (tertiary/aromatic N) is 12. The quantitative estimate of drug-likeness (QED) is 0.108. The third-order valence-electron chi connectivity index (χ3n) is 17.7. The van der Waals surface area contributed by atoms with E-state index in [2.05, 4.69) is 301 Å². The van der Waals surface area contributed by atoms with E-state index in [1.165, 1.54) is 38.6 Å². The van der Waals surface area contributed by atoms with E-state index in [0.717, 1.165) is 72.3 Å². The molecule has 4 aromatic heterocycles. The predicted octanol–water partition coefficient (Wildman–Crippen LogP) is 25.4. The molecule has 0 aliphatic carbocycles. The lowest BCUT2D eigenvalue weighted by Crippen LogP contribution is -1.98. The van der Waals surface area contributed by atoms with Crippen molar-refractivity contribution in [2.45, 2.75) is 0 Å². The van der Waals surface area contributed by atoms with E-state index in [9.17, 15) is 0 Å². The van der Waals surface area contributed by atoms with E-state index in [1.807, 2.05) is 194 Å². The number of fused-ring (bicyclic) bond motifs is 1. The van der Waals surface area contributed by atoms with Crippen LogP contribution in [0.1, 0.15) is 0 Å².